The first-order valence-electron chi connectivity index (χ1n) is 9.14. The van der Waals surface area contributed by atoms with Gasteiger partial charge in [0, 0.05) is 23.5 Å². The minimum Gasteiger partial charge on any atom is -0.497 e. The van der Waals surface area contributed by atoms with Gasteiger partial charge < -0.3 is 8.92 Å². The van der Waals surface area contributed by atoms with Crippen molar-refractivity contribution in [3.8, 4) is 11.5 Å². The van der Waals surface area contributed by atoms with Gasteiger partial charge in [-0.2, -0.15) is 8.42 Å². The Kier molecular flexibility index (Phi) is 4.08. The number of carbonyl (C=O) groups is 1. The van der Waals surface area contributed by atoms with Crippen LogP contribution in [0.2, 0.25) is 0 Å². The molecule has 0 heterocycles. The van der Waals surface area contributed by atoms with Crippen molar-refractivity contribution < 1.29 is 26.7 Å². The molecule has 0 amide bonds. The number of carbonyl (C=O) groups excluding carboxylic acids is 1. The molecular weight excluding hydrogens is 356 g/mol. The molecule has 0 bridgehead atoms. The van der Waals surface area contributed by atoms with Gasteiger partial charge in [0.1, 0.15) is 11.5 Å². The van der Waals surface area contributed by atoms with E-state index < -0.39 is 10.4 Å². The van der Waals surface area contributed by atoms with Crippen LogP contribution in [0.1, 0.15) is 56.1 Å². The van der Waals surface area contributed by atoms with Crippen molar-refractivity contribution in [2.75, 3.05) is 7.11 Å². The molecule has 0 aromatic heterocycles. The van der Waals surface area contributed by atoms with Crippen molar-refractivity contribution in [3.05, 3.63) is 23.3 Å². The maximum absolute atomic E-state index is 12.4. The topological polar surface area (TPSA) is 89.9 Å². The lowest BCUT2D eigenvalue weighted by molar-refractivity contribution is -0.129. The zero-order valence-electron chi connectivity index (χ0n) is 15.0. The van der Waals surface area contributed by atoms with Gasteiger partial charge in [-0.15, -0.1) is 0 Å². The minimum atomic E-state index is -4.62. The molecule has 0 aliphatic heterocycles. The highest BCUT2D eigenvalue weighted by Gasteiger charge is 2.55. The quantitative estimate of drug-likeness (QED) is 0.809. The number of Topliss-reactive ketones (excluding diaryl/α,β-unsaturated/α-hetero) is 1. The summed E-state index contributed by atoms with van der Waals surface area (Å²) in [7, 11) is -3.11. The number of methoxy groups -OCH3 is 1. The average Bonchev–Trinajstić information content (AvgIpc) is 2.88. The summed E-state index contributed by atoms with van der Waals surface area (Å²) in [6, 6.07) is 3.46. The fraction of sp³-hybridized carbons (Fsp3) is 0.632. The first kappa shape index (κ1) is 17.8. The van der Waals surface area contributed by atoms with Crippen LogP contribution in [0.25, 0.3) is 0 Å². The van der Waals surface area contributed by atoms with Gasteiger partial charge in [0.05, 0.1) is 7.11 Å². The summed E-state index contributed by atoms with van der Waals surface area (Å²) in [5.74, 6) is 1.86. The molecule has 142 valence electrons. The van der Waals surface area contributed by atoms with Gasteiger partial charge in [-0.05, 0) is 61.5 Å². The van der Waals surface area contributed by atoms with Crippen molar-refractivity contribution in [3.63, 3.8) is 0 Å². The summed E-state index contributed by atoms with van der Waals surface area (Å²) in [5, 5.41) is 0. The van der Waals surface area contributed by atoms with Crippen LogP contribution in [-0.2, 0) is 21.6 Å². The lowest BCUT2D eigenvalue weighted by atomic mass is 9.55. The third kappa shape index (κ3) is 2.72. The zero-order chi connectivity index (χ0) is 18.7. The fourth-order valence-electron chi connectivity index (χ4n) is 5.73. The van der Waals surface area contributed by atoms with Crippen molar-refractivity contribution in [1.82, 2.24) is 0 Å². The molecule has 26 heavy (non-hydrogen) atoms. The van der Waals surface area contributed by atoms with Crippen LogP contribution in [0.5, 0.6) is 11.5 Å². The predicted molar refractivity (Wildman–Crippen MR) is 94.8 cm³/mol. The standard InChI is InChI=1S/C19H24O6S/c1-19-8-7-14-13(15(19)5-6-17(19)20)4-3-11-9-12(24-2)10-16(18(11)14)25-26(21,22)23/h9-10,13-15H,3-8H2,1-2H3,(H,21,22,23)/t13?,14?,15?,19-/m0/s1. The number of aryl methyl sites for hydroxylation is 1. The number of hydrogen-bond acceptors (Lipinski definition) is 5. The summed E-state index contributed by atoms with van der Waals surface area (Å²) >= 11 is 0. The van der Waals surface area contributed by atoms with Crippen molar-refractivity contribution in [1.29, 1.82) is 0 Å². The van der Waals surface area contributed by atoms with Gasteiger partial charge in [0.25, 0.3) is 0 Å². The molecule has 0 spiro atoms. The monoisotopic (exact) mass is 380 g/mol. The van der Waals surface area contributed by atoms with E-state index in [1.165, 1.54) is 13.2 Å². The molecule has 7 heteroatoms. The SMILES string of the molecule is COc1cc2c(c(OS(=O)(=O)O)c1)C1CC[C@]3(C)C(=O)CCC3C1CC2. The Labute approximate surface area is 153 Å². The van der Waals surface area contributed by atoms with Crippen molar-refractivity contribution in [2.45, 2.75) is 51.4 Å². The van der Waals surface area contributed by atoms with Crippen LogP contribution < -0.4 is 8.92 Å². The van der Waals surface area contributed by atoms with E-state index in [0.29, 0.717) is 29.8 Å². The van der Waals surface area contributed by atoms with Crippen LogP contribution in [-0.4, -0.2) is 25.9 Å². The second-order valence-corrected chi connectivity index (χ2v) is 9.07. The van der Waals surface area contributed by atoms with E-state index in [1.807, 2.05) is 6.07 Å². The Bertz CT molecular complexity index is 861. The highest BCUT2D eigenvalue weighted by Crippen LogP contribution is 2.60. The largest absolute Gasteiger partial charge is 0.497 e. The van der Waals surface area contributed by atoms with Crippen LogP contribution in [0.15, 0.2) is 12.1 Å². The van der Waals surface area contributed by atoms with Gasteiger partial charge in [-0.25, -0.2) is 0 Å². The highest BCUT2D eigenvalue weighted by atomic mass is 32.3. The smallest absolute Gasteiger partial charge is 0.446 e. The first-order valence-corrected chi connectivity index (χ1v) is 10.5. The molecule has 3 aliphatic carbocycles. The maximum Gasteiger partial charge on any atom is 0.446 e. The highest BCUT2D eigenvalue weighted by molar-refractivity contribution is 7.81. The van der Waals surface area contributed by atoms with E-state index in [4.69, 9.17) is 8.92 Å². The van der Waals surface area contributed by atoms with Gasteiger partial charge in [0.2, 0.25) is 0 Å². The Morgan fingerprint density at radius 2 is 1.96 bits per heavy atom. The van der Waals surface area contributed by atoms with Crippen LogP contribution in [0, 0.1) is 17.3 Å². The Balaban J connectivity index is 1.79. The third-order valence-corrected chi connectivity index (χ3v) is 7.29. The van der Waals surface area contributed by atoms with E-state index in [0.717, 1.165) is 43.2 Å². The second-order valence-electron chi connectivity index (χ2n) is 8.04. The number of fused-ring (bicyclic) bond motifs is 5. The van der Waals surface area contributed by atoms with Crippen LogP contribution >= 0.6 is 0 Å². The Morgan fingerprint density at radius 1 is 1.19 bits per heavy atom. The van der Waals surface area contributed by atoms with Crippen molar-refractivity contribution >= 4 is 16.2 Å². The van der Waals surface area contributed by atoms with Crippen LogP contribution in [0.4, 0.5) is 0 Å². The summed E-state index contributed by atoms with van der Waals surface area (Å²) < 4.78 is 42.2. The van der Waals surface area contributed by atoms with Crippen LogP contribution in [0.3, 0.4) is 0 Å². The number of hydrogen-bond donors (Lipinski definition) is 1. The lowest BCUT2D eigenvalue weighted by Gasteiger charge is -2.48. The Hall–Kier alpha value is -1.60. The summed E-state index contributed by atoms with van der Waals surface area (Å²) in [6.45, 7) is 2.10. The normalized spacial score (nSPS) is 33.2. The molecule has 4 rings (SSSR count). The molecule has 2 fully saturated rings. The predicted octanol–water partition coefficient (Wildman–Crippen LogP) is 3.30. The number of ether oxygens (including phenoxy) is 1. The summed E-state index contributed by atoms with van der Waals surface area (Å²) in [4.78, 5) is 12.4. The maximum atomic E-state index is 12.4. The molecule has 0 saturated heterocycles. The average molecular weight is 380 g/mol. The molecule has 6 nitrogen and oxygen atoms in total. The molecule has 1 aromatic carbocycles. The third-order valence-electron chi connectivity index (χ3n) is 6.90. The number of benzene rings is 1. The van der Waals surface area contributed by atoms with E-state index in [2.05, 4.69) is 6.92 Å². The van der Waals surface area contributed by atoms with E-state index in [1.54, 1.807) is 0 Å². The number of rotatable bonds is 3. The fourth-order valence-corrected chi connectivity index (χ4v) is 6.09. The van der Waals surface area contributed by atoms with E-state index in [9.17, 15) is 17.8 Å². The lowest BCUT2D eigenvalue weighted by Crippen LogP contribution is -2.42. The zero-order valence-corrected chi connectivity index (χ0v) is 15.8. The molecule has 4 atom stereocenters. The van der Waals surface area contributed by atoms with E-state index in [-0.39, 0.29) is 17.1 Å². The summed E-state index contributed by atoms with van der Waals surface area (Å²) in [6.07, 6.45) is 4.96. The molecular formula is C19H24O6S. The molecule has 3 unspecified atom stereocenters. The van der Waals surface area contributed by atoms with Gasteiger partial charge in [0.15, 0.2) is 5.75 Å². The van der Waals surface area contributed by atoms with Gasteiger partial charge >= 0.3 is 10.4 Å². The second kappa shape index (κ2) is 5.96. The first-order chi connectivity index (χ1) is 12.2. The molecule has 1 N–H and O–H groups in total. The van der Waals surface area contributed by atoms with Gasteiger partial charge in [-0.1, -0.05) is 6.92 Å². The van der Waals surface area contributed by atoms with Gasteiger partial charge in [-0.3, -0.25) is 9.35 Å². The van der Waals surface area contributed by atoms with E-state index >= 15 is 0 Å². The molecule has 3 aliphatic rings. The molecule has 0 radical (unpaired) electrons. The van der Waals surface area contributed by atoms with Crippen molar-refractivity contribution in [2.24, 2.45) is 17.3 Å². The number of ketones is 1. The molecule has 2 saturated carbocycles. The Morgan fingerprint density at radius 3 is 2.65 bits per heavy atom. The molecule has 1 aromatic rings. The minimum absolute atomic E-state index is 0.144. The summed E-state index contributed by atoms with van der Waals surface area (Å²) in [5.41, 5.74) is 1.63.